The summed E-state index contributed by atoms with van der Waals surface area (Å²) in [5.41, 5.74) is 0. The molecule has 3 rings (SSSR count). The highest BCUT2D eigenvalue weighted by molar-refractivity contribution is 5.73. The lowest BCUT2D eigenvalue weighted by Crippen LogP contribution is -2.45. The van der Waals surface area contributed by atoms with Crippen molar-refractivity contribution in [2.45, 2.75) is 12.5 Å². The second-order valence-corrected chi connectivity index (χ2v) is 4.47. The number of nitrogens with zero attached hydrogens (tertiary/aromatic N) is 1. The molecule has 19 heavy (non-hydrogen) atoms. The molecule has 0 saturated carbocycles. The molecule has 6 heteroatoms. The number of hydrogen-bond donors (Lipinski definition) is 1. The van der Waals surface area contributed by atoms with Crippen molar-refractivity contribution in [2.75, 3.05) is 26.3 Å². The summed E-state index contributed by atoms with van der Waals surface area (Å²) in [5.74, 6) is 1.46. The van der Waals surface area contributed by atoms with Crippen LogP contribution in [0.3, 0.4) is 0 Å². The number of fused-ring (bicyclic) bond motifs is 1. The molecule has 0 aliphatic carbocycles. The predicted molar refractivity (Wildman–Crippen MR) is 67.0 cm³/mol. The molecule has 1 N–H and O–H groups in total. The molecule has 1 saturated heterocycles. The second-order valence-electron chi connectivity index (χ2n) is 4.47. The first-order chi connectivity index (χ1) is 9.33. The van der Waals surface area contributed by atoms with Gasteiger partial charge in [0.15, 0.2) is 17.6 Å². The van der Waals surface area contributed by atoms with Crippen LogP contribution in [0.25, 0.3) is 0 Å². The molecule has 6 nitrogen and oxygen atoms in total. The van der Waals surface area contributed by atoms with Crippen LogP contribution in [0.4, 0.5) is 4.79 Å². The maximum absolute atomic E-state index is 11.7. The maximum atomic E-state index is 11.7. The monoisotopic (exact) mass is 264 g/mol. The highest BCUT2D eigenvalue weighted by Gasteiger charge is 2.23. The molecule has 1 fully saturated rings. The Morgan fingerprint density at radius 2 is 2.21 bits per heavy atom. The molecule has 0 bridgehead atoms. The lowest BCUT2D eigenvalue weighted by atomic mass is 10.2. The van der Waals surface area contributed by atoms with Crippen LogP contribution in [0.1, 0.15) is 6.42 Å². The molecule has 1 aromatic carbocycles. The Labute approximate surface area is 111 Å². The average molecular weight is 264 g/mol. The zero-order valence-corrected chi connectivity index (χ0v) is 10.5. The van der Waals surface area contributed by atoms with E-state index in [0.717, 1.165) is 12.2 Å². The van der Waals surface area contributed by atoms with E-state index in [-0.39, 0.29) is 12.1 Å². The fourth-order valence-corrected chi connectivity index (χ4v) is 2.06. The Morgan fingerprint density at radius 3 is 3.00 bits per heavy atom. The standard InChI is InChI=1S/C13H16N2O4/c16-13(15-6-3-7-18-15)14-8-10-9-17-11-4-1-2-5-12(11)19-10/h1-2,4-5,10H,3,6-9H2,(H,14,16). The van der Waals surface area contributed by atoms with Crippen molar-refractivity contribution in [2.24, 2.45) is 0 Å². The number of carbonyl (C=O) groups excluding carboxylic acids is 1. The van der Waals surface area contributed by atoms with Gasteiger partial charge in [0.1, 0.15) is 6.61 Å². The number of carbonyl (C=O) groups is 1. The van der Waals surface area contributed by atoms with E-state index in [2.05, 4.69) is 5.32 Å². The molecule has 1 atom stereocenters. The number of para-hydroxylation sites is 2. The first-order valence-electron chi connectivity index (χ1n) is 6.40. The van der Waals surface area contributed by atoms with E-state index < -0.39 is 0 Å². The van der Waals surface area contributed by atoms with Crippen molar-refractivity contribution in [3.8, 4) is 11.5 Å². The quantitative estimate of drug-likeness (QED) is 0.871. The van der Waals surface area contributed by atoms with Gasteiger partial charge in [-0.2, -0.15) is 0 Å². The van der Waals surface area contributed by atoms with Crippen molar-refractivity contribution >= 4 is 6.03 Å². The lowest BCUT2D eigenvalue weighted by Gasteiger charge is -2.27. The van der Waals surface area contributed by atoms with E-state index >= 15 is 0 Å². The van der Waals surface area contributed by atoms with Crippen LogP contribution >= 0.6 is 0 Å². The third kappa shape index (κ3) is 2.73. The van der Waals surface area contributed by atoms with Gasteiger partial charge in [-0.1, -0.05) is 12.1 Å². The minimum Gasteiger partial charge on any atom is -0.486 e. The molecule has 1 aromatic rings. The Kier molecular flexibility index (Phi) is 3.41. The van der Waals surface area contributed by atoms with E-state index in [4.69, 9.17) is 14.3 Å². The van der Waals surface area contributed by atoms with Crippen LogP contribution in [0.2, 0.25) is 0 Å². The van der Waals surface area contributed by atoms with E-state index in [9.17, 15) is 4.79 Å². The summed E-state index contributed by atoms with van der Waals surface area (Å²) in [5, 5.41) is 4.13. The van der Waals surface area contributed by atoms with Crippen molar-refractivity contribution in [1.29, 1.82) is 0 Å². The van der Waals surface area contributed by atoms with E-state index in [1.54, 1.807) is 0 Å². The molecule has 0 radical (unpaired) electrons. The highest BCUT2D eigenvalue weighted by Crippen LogP contribution is 2.30. The van der Waals surface area contributed by atoms with Gasteiger partial charge in [-0.3, -0.25) is 4.84 Å². The van der Waals surface area contributed by atoms with Crippen LogP contribution in [0.5, 0.6) is 11.5 Å². The van der Waals surface area contributed by atoms with E-state index in [0.29, 0.717) is 32.1 Å². The molecular weight excluding hydrogens is 248 g/mol. The molecule has 2 amide bonds. The largest absolute Gasteiger partial charge is 0.486 e. The molecule has 0 aromatic heterocycles. The number of nitrogens with one attached hydrogen (secondary N) is 1. The summed E-state index contributed by atoms with van der Waals surface area (Å²) in [6.45, 7) is 2.06. The highest BCUT2D eigenvalue weighted by atomic mass is 16.7. The summed E-state index contributed by atoms with van der Waals surface area (Å²) >= 11 is 0. The van der Waals surface area contributed by atoms with Crippen LogP contribution in [0, 0.1) is 0 Å². The number of ether oxygens (including phenoxy) is 2. The zero-order chi connectivity index (χ0) is 13.1. The van der Waals surface area contributed by atoms with Gasteiger partial charge in [-0.15, -0.1) is 0 Å². The Bertz CT molecular complexity index is 460. The Balaban J connectivity index is 1.50. The van der Waals surface area contributed by atoms with Crippen LogP contribution in [-0.4, -0.2) is 43.5 Å². The third-order valence-electron chi connectivity index (χ3n) is 3.03. The molecule has 2 heterocycles. The van der Waals surface area contributed by atoms with Gasteiger partial charge in [-0.25, -0.2) is 9.86 Å². The van der Waals surface area contributed by atoms with Gasteiger partial charge in [0.25, 0.3) is 0 Å². The fraction of sp³-hybridized carbons (Fsp3) is 0.462. The summed E-state index contributed by atoms with van der Waals surface area (Å²) in [4.78, 5) is 16.9. The van der Waals surface area contributed by atoms with Crippen molar-refractivity contribution in [1.82, 2.24) is 10.4 Å². The molecule has 2 aliphatic heterocycles. The van der Waals surface area contributed by atoms with Crippen LogP contribution in [0.15, 0.2) is 24.3 Å². The Hall–Kier alpha value is -1.95. The molecule has 0 spiro atoms. The van der Waals surface area contributed by atoms with E-state index in [1.807, 2.05) is 24.3 Å². The van der Waals surface area contributed by atoms with Crippen molar-refractivity contribution in [3.05, 3.63) is 24.3 Å². The summed E-state index contributed by atoms with van der Waals surface area (Å²) in [6.07, 6.45) is 0.700. The number of benzene rings is 1. The van der Waals surface area contributed by atoms with Crippen LogP contribution < -0.4 is 14.8 Å². The normalized spacial score (nSPS) is 21.3. The van der Waals surface area contributed by atoms with Crippen LogP contribution in [-0.2, 0) is 4.84 Å². The number of urea groups is 1. The zero-order valence-electron chi connectivity index (χ0n) is 10.5. The third-order valence-corrected chi connectivity index (χ3v) is 3.03. The number of hydrogen-bond acceptors (Lipinski definition) is 4. The van der Waals surface area contributed by atoms with Gasteiger partial charge < -0.3 is 14.8 Å². The van der Waals surface area contributed by atoms with Gasteiger partial charge in [0.2, 0.25) is 0 Å². The van der Waals surface area contributed by atoms with Gasteiger partial charge in [0.05, 0.1) is 19.7 Å². The number of hydroxylamine groups is 2. The molecule has 1 unspecified atom stereocenters. The Morgan fingerprint density at radius 1 is 1.37 bits per heavy atom. The first kappa shape index (κ1) is 12.1. The minimum atomic E-state index is -0.222. The minimum absolute atomic E-state index is 0.179. The average Bonchev–Trinajstić information content (AvgIpc) is 2.99. The maximum Gasteiger partial charge on any atom is 0.341 e. The SMILES string of the molecule is O=C(NCC1COc2ccccc2O1)N1CCCO1. The smallest absolute Gasteiger partial charge is 0.341 e. The van der Waals surface area contributed by atoms with E-state index in [1.165, 1.54) is 5.06 Å². The number of amides is 2. The van der Waals surface area contributed by atoms with Gasteiger partial charge in [0, 0.05) is 0 Å². The second kappa shape index (κ2) is 5.36. The van der Waals surface area contributed by atoms with Gasteiger partial charge in [-0.05, 0) is 18.6 Å². The summed E-state index contributed by atoms with van der Waals surface area (Å²) in [7, 11) is 0. The van der Waals surface area contributed by atoms with Crippen molar-refractivity contribution < 1.29 is 19.1 Å². The number of rotatable bonds is 2. The van der Waals surface area contributed by atoms with Crippen molar-refractivity contribution in [3.63, 3.8) is 0 Å². The topological polar surface area (TPSA) is 60.0 Å². The predicted octanol–water partition coefficient (Wildman–Crippen LogP) is 1.17. The summed E-state index contributed by atoms with van der Waals surface area (Å²) < 4.78 is 11.3. The van der Waals surface area contributed by atoms with Gasteiger partial charge >= 0.3 is 6.03 Å². The fourth-order valence-electron chi connectivity index (χ4n) is 2.06. The molecule has 2 aliphatic rings. The first-order valence-corrected chi connectivity index (χ1v) is 6.40. The molecular formula is C13H16N2O4. The molecule has 102 valence electrons. The lowest BCUT2D eigenvalue weighted by molar-refractivity contribution is -0.0669. The summed E-state index contributed by atoms with van der Waals surface area (Å²) in [6, 6.07) is 7.28.